The fourth-order valence-electron chi connectivity index (χ4n) is 4.33. The van der Waals surface area contributed by atoms with Gasteiger partial charge in [-0.1, -0.05) is 74.9 Å². The topological polar surface area (TPSA) is 33.9 Å². The van der Waals surface area contributed by atoms with E-state index in [-0.39, 0.29) is 5.92 Å². The molecule has 1 aliphatic rings. The summed E-state index contributed by atoms with van der Waals surface area (Å²) in [6.45, 7) is 8.92. The van der Waals surface area contributed by atoms with Crippen LogP contribution in [-0.2, 0) is 16.8 Å². The van der Waals surface area contributed by atoms with Crippen LogP contribution in [0.1, 0.15) is 49.3 Å². The number of aryl methyl sites for hydroxylation is 1. The van der Waals surface area contributed by atoms with E-state index in [4.69, 9.17) is 4.74 Å². The van der Waals surface area contributed by atoms with Gasteiger partial charge in [-0.3, -0.25) is 0 Å². The summed E-state index contributed by atoms with van der Waals surface area (Å²) in [4.78, 5) is 1.52. The summed E-state index contributed by atoms with van der Waals surface area (Å²) < 4.78 is 5.55. The lowest BCUT2D eigenvalue weighted by atomic mass is 9.74. The molecule has 146 valence electrons. The smallest absolute Gasteiger partial charge is 0.102 e. The second kappa shape index (κ2) is 9.50. The van der Waals surface area contributed by atoms with Crippen LogP contribution in [0.4, 0.5) is 0 Å². The highest BCUT2D eigenvalue weighted by atomic mass is 16.5. The molecule has 1 fully saturated rings. The fraction of sp³-hybridized carbons (Fsp3) is 0.500. The minimum Gasteiger partial charge on any atom is -0.384 e. The summed E-state index contributed by atoms with van der Waals surface area (Å²) in [5.74, 6) is 0.0687. The van der Waals surface area contributed by atoms with E-state index in [1.54, 1.807) is 0 Å². The zero-order valence-corrected chi connectivity index (χ0v) is 16.8. The molecule has 1 aliphatic heterocycles. The van der Waals surface area contributed by atoms with E-state index in [0.717, 1.165) is 57.7 Å². The van der Waals surface area contributed by atoms with Gasteiger partial charge in [0.1, 0.15) is 18.7 Å². The van der Waals surface area contributed by atoms with Gasteiger partial charge in [-0.05, 0) is 29.5 Å². The molecule has 2 aromatic rings. The molecule has 3 nitrogen and oxygen atoms in total. The monoisotopic (exact) mass is 368 g/mol. The fourth-order valence-corrected chi connectivity index (χ4v) is 4.33. The molecule has 0 radical (unpaired) electrons. The Kier molecular flexibility index (Phi) is 7.06. The minimum absolute atomic E-state index is 0.0687. The largest absolute Gasteiger partial charge is 0.384 e. The molecular formula is C24H34NO2+. The first-order chi connectivity index (χ1) is 13.2. The van der Waals surface area contributed by atoms with E-state index in [1.807, 2.05) is 0 Å². The average molecular weight is 369 g/mol. The third kappa shape index (κ3) is 4.78. The number of hydrogen-bond acceptors (Lipinski definition) is 2. The number of aliphatic hydroxyl groups is 1. The predicted molar refractivity (Wildman–Crippen MR) is 110 cm³/mol. The van der Waals surface area contributed by atoms with Crippen molar-refractivity contribution in [2.24, 2.45) is 0 Å². The van der Waals surface area contributed by atoms with Gasteiger partial charge in [-0.15, -0.1) is 0 Å². The highest BCUT2D eigenvalue weighted by Crippen LogP contribution is 2.40. The zero-order chi connectivity index (χ0) is 19.1. The first-order valence-electron chi connectivity index (χ1n) is 10.5. The molecule has 0 aromatic heterocycles. The highest BCUT2D eigenvalue weighted by Gasteiger charge is 2.41. The quantitative estimate of drug-likeness (QED) is 0.751. The Morgan fingerprint density at radius 1 is 1.00 bits per heavy atom. The third-order valence-corrected chi connectivity index (χ3v) is 5.96. The van der Waals surface area contributed by atoms with Crippen molar-refractivity contribution in [3.05, 3.63) is 71.3 Å². The molecule has 2 aromatic carbocycles. The summed E-state index contributed by atoms with van der Waals surface area (Å²) >= 11 is 0. The maximum Gasteiger partial charge on any atom is 0.102 e. The molecule has 0 saturated carbocycles. The van der Waals surface area contributed by atoms with Gasteiger partial charge >= 0.3 is 0 Å². The number of morpholine rings is 1. The number of hydrogen-bond donors (Lipinski definition) is 2. The van der Waals surface area contributed by atoms with E-state index >= 15 is 0 Å². The molecule has 27 heavy (non-hydrogen) atoms. The van der Waals surface area contributed by atoms with Crippen LogP contribution in [-0.4, -0.2) is 38.0 Å². The lowest BCUT2D eigenvalue weighted by molar-refractivity contribution is -0.910. The number of nitrogens with one attached hydrogen (secondary N) is 1. The molecule has 2 N–H and O–H groups in total. The van der Waals surface area contributed by atoms with E-state index in [9.17, 15) is 5.11 Å². The standard InChI is InChI=1S/C24H33NO2/c1-3-14-24(26,22-12-10-20(4-2)11-13-22)23(21-8-6-5-7-9-21)19-25-15-17-27-18-16-25/h5-13,23,26H,3-4,14-19H2,1-2H3/p+1. The maximum atomic E-state index is 12.0. The summed E-state index contributed by atoms with van der Waals surface area (Å²) in [7, 11) is 0. The lowest BCUT2D eigenvalue weighted by Gasteiger charge is -2.39. The lowest BCUT2D eigenvalue weighted by Crippen LogP contribution is -3.14. The van der Waals surface area contributed by atoms with Gasteiger partial charge in [-0.25, -0.2) is 0 Å². The Morgan fingerprint density at radius 3 is 2.26 bits per heavy atom. The number of quaternary nitrogens is 1. The van der Waals surface area contributed by atoms with E-state index in [0.29, 0.717) is 0 Å². The molecule has 0 spiro atoms. The van der Waals surface area contributed by atoms with Crippen LogP contribution < -0.4 is 4.90 Å². The van der Waals surface area contributed by atoms with Gasteiger partial charge in [0, 0.05) is 0 Å². The Balaban J connectivity index is 1.98. The number of rotatable bonds is 8. The van der Waals surface area contributed by atoms with Crippen molar-refractivity contribution in [3.63, 3.8) is 0 Å². The average Bonchev–Trinajstić information content (AvgIpc) is 2.73. The number of ether oxygens (including phenoxy) is 1. The number of benzene rings is 2. The molecule has 2 atom stereocenters. The third-order valence-electron chi connectivity index (χ3n) is 5.96. The van der Waals surface area contributed by atoms with Crippen LogP contribution in [0, 0.1) is 0 Å². The van der Waals surface area contributed by atoms with Crippen LogP contribution in [0.5, 0.6) is 0 Å². The second-order valence-electron chi connectivity index (χ2n) is 7.75. The van der Waals surface area contributed by atoms with Crippen molar-refractivity contribution in [2.45, 2.75) is 44.6 Å². The van der Waals surface area contributed by atoms with Crippen LogP contribution >= 0.6 is 0 Å². The molecule has 0 bridgehead atoms. The van der Waals surface area contributed by atoms with Gasteiger partial charge in [0.25, 0.3) is 0 Å². The van der Waals surface area contributed by atoms with Crippen LogP contribution in [0.2, 0.25) is 0 Å². The molecule has 3 rings (SSSR count). The van der Waals surface area contributed by atoms with Crippen molar-refractivity contribution in [2.75, 3.05) is 32.8 Å². The SMILES string of the molecule is CCCC(O)(c1ccc(CC)cc1)C(C[NH+]1CCOCC1)c1ccccc1. The summed E-state index contributed by atoms with van der Waals surface area (Å²) in [6.07, 6.45) is 2.74. The van der Waals surface area contributed by atoms with Gasteiger partial charge in [0.2, 0.25) is 0 Å². The Labute approximate surface area is 164 Å². The molecular weight excluding hydrogens is 334 g/mol. The van der Waals surface area contributed by atoms with Crippen molar-refractivity contribution < 1.29 is 14.7 Å². The molecule has 2 unspecified atom stereocenters. The van der Waals surface area contributed by atoms with E-state index in [2.05, 4.69) is 68.4 Å². The van der Waals surface area contributed by atoms with Crippen molar-refractivity contribution in [1.82, 2.24) is 0 Å². The van der Waals surface area contributed by atoms with Crippen LogP contribution in [0.3, 0.4) is 0 Å². The summed E-state index contributed by atoms with van der Waals surface area (Å²) in [6, 6.07) is 19.2. The Morgan fingerprint density at radius 2 is 1.67 bits per heavy atom. The van der Waals surface area contributed by atoms with Gasteiger partial charge in [-0.2, -0.15) is 0 Å². The second-order valence-corrected chi connectivity index (χ2v) is 7.75. The molecule has 0 aliphatic carbocycles. The van der Waals surface area contributed by atoms with E-state index in [1.165, 1.54) is 16.0 Å². The first-order valence-corrected chi connectivity index (χ1v) is 10.5. The molecule has 0 amide bonds. The summed E-state index contributed by atoms with van der Waals surface area (Å²) in [5, 5.41) is 12.0. The van der Waals surface area contributed by atoms with Crippen molar-refractivity contribution >= 4 is 0 Å². The highest BCUT2D eigenvalue weighted by molar-refractivity contribution is 5.33. The maximum absolute atomic E-state index is 12.0. The van der Waals surface area contributed by atoms with E-state index < -0.39 is 5.60 Å². The van der Waals surface area contributed by atoms with Gasteiger partial charge in [0.05, 0.1) is 25.7 Å². The predicted octanol–water partition coefficient (Wildman–Crippen LogP) is 2.94. The molecule has 3 heteroatoms. The normalized spacial score (nSPS) is 18.8. The zero-order valence-electron chi connectivity index (χ0n) is 16.8. The molecule has 1 saturated heterocycles. The first kappa shape index (κ1) is 20.1. The van der Waals surface area contributed by atoms with Gasteiger partial charge in [0.15, 0.2) is 0 Å². The molecule has 1 heterocycles. The Hall–Kier alpha value is -1.68. The Bertz CT molecular complexity index is 679. The van der Waals surface area contributed by atoms with Crippen molar-refractivity contribution in [1.29, 1.82) is 0 Å². The minimum atomic E-state index is -0.853. The van der Waals surface area contributed by atoms with Crippen LogP contribution in [0.25, 0.3) is 0 Å². The summed E-state index contributed by atoms with van der Waals surface area (Å²) in [5.41, 5.74) is 2.73. The van der Waals surface area contributed by atoms with Crippen molar-refractivity contribution in [3.8, 4) is 0 Å². The van der Waals surface area contributed by atoms with Gasteiger partial charge < -0.3 is 14.7 Å². The van der Waals surface area contributed by atoms with Crippen LogP contribution in [0.15, 0.2) is 54.6 Å².